The molecule has 1 aliphatic heterocycles. The Labute approximate surface area is 170 Å². The van der Waals surface area contributed by atoms with Crippen LogP contribution in [0.4, 0.5) is 5.82 Å². The molecule has 2 unspecified atom stereocenters. The number of primary amides is 1. The third kappa shape index (κ3) is 2.95. The van der Waals surface area contributed by atoms with Crippen LogP contribution >= 0.6 is 11.6 Å². The minimum atomic E-state index is -0.713. The van der Waals surface area contributed by atoms with Crippen LogP contribution in [-0.4, -0.2) is 50.0 Å². The molecule has 1 amide bonds. The van der Waals surface area contributed by atoms with Crippen LogP contribution in [0.25, 0.3) is 11.0 Å². The van der Waals surface area contributed by atoms with Gasteiger partial charge in [0.15, 0.2) is 5.75 Å². The first-order chi connectivity index (χ1) is 14.0. The molecule has 10 nitrogen and oxygen atoms in total. The van der Waals surface area contributed by atoms with Gasteiger partial charge in [0.25, 0.3) is 5.91 Å². The van der Waals surface area contributed by atoms with E-state index in [1.54, 1.807) is 0 Å². The smallest absolute Gasteiger partial charge is 0.326 e. The van der Waals surface area contributed by atoms with Gasteiger partial charge in [0.1, 0.15) is 11.5 Å². The number of carbonyl (C=O) groups excluding carboxylic acids is 1. The van der Waals surface area contributed by atoms with Crippen molar-refractivity contribution in [3.05, 3.63) is 28.9 Å². The standard InChI is InChI=1S/C18H19ClN8O2/c1-2-10-12(19)11-15(24-10)25-18(29-7-3-22-16(14(21)28)23-4-7)26-17(11)27-5-8-9(6-27)13(8)20/h3-4,8-9,13H,2,5-6,20H2,1H3,(H2,21,28)(H,24,25,26). The average molecular weight is 415 g/mol. The Hall–Kier alpha value is -2.98. The van der Waals surface area contributed by atoms with E-state index in [0.717, 1.165) is 36.4 Å². The van der Waals surface area contributed by atoms with E-state index in [2.05, 4.69) is 29.8 Å². The zero-order chi connectivity index (χ0) is 20.3. The van der Waals surface area contributed by atoms with E-state index in [1.807, 2.05) is 6.92 Å². The second-order valence-electron chi connectivity index (χ2n) is 7.34. The molecule has 3 aromatic heterocycles. The zero-order valence-electron chi connectivity index (χ0n) is 15.6. The Morgan fingerprint density at radius 1 is 1.31 bits per heavy atom. The molecule has 150 valence electrons. The van der Waals surface area contributed by atoms with Crippen LogP contribution in [-0.2, 0) is 6.42 Å². The van der Waals surface area contributed by atoms with Crippen molar-refractivity contribution in [3.8, 4) is 11.8 Å². The number of nitrogens with zero attached hydrogens (tertiary/aromatic N) is 5. The minimum Gasteiger partial charge on any atom is -0.421 e. The van der Waals surface area contributed by atoms with Crippen LogP contribution in [0.5, 0.6) is 11.8 Å². The molecule has 4 heterocycles. The van der Waals surface area contributed by atoms with E-state index in [-0.39, 0.29) is 17.9 Å². The summed E-state index contributed by atoms with van der Waals surface area (Å²) in [4.78, 5) is 33.4. The Balaban J connectivity index is 1.53. The highest BCUT2D eigenvalue weighted by atomic mass is 35.5. The monoisotopic (exact) mass is 414 g/mol. The molecule has 5 N–H and O–H groups in total. The lowest BCUT2D eigenvalue weighted by atomic mass is 10.2. The van der Waals surface area contributed by atoms with Crippen molar-refractivity contribution in [3.63, 3.8) is 0 Å². The van der Waals surface area contributed by atoms with Crippen molar-refractivity contribution in [1.82, 2.24) is 24.9 Å². The van der Waals surface area contributed by atoms with Crippen LogP contribution in [0.15, 0.2) is 12.4 Å². The van der Waals surface area contributed by atoms with Crippen LogP contribution in [0.2, 0.25) is 5.02 Å². The third-order valence-corrected chi connectivity index (χ3v) is 6.01. The summed E-state index contributed by atoms with van der Waals surface area (Å²) >= 11 is 6.61. The lowest BCUT2D eigenvalue weighted by molar-refractivity contribution is 0.0990. The normalized spacial score (nSPS) is 22.7. The molecule has 1 saturated heterocycles. The van der Waals surface area contributed by atoms with Gasteiger partial charge < -0.3 is 26.1 Å². The van der Waals surface area contributed by atoms with Crippen molar-refractivity contribution in [1.29, 1.82) is 0 Å². The summed E-state index contributed by atoms with van der Waals surface area (Å²) in [6, 6.07) is 0.404. The van der Waals surface area contributed by atoms with Gasteiger partial charge >= 0.3 is 6.01 Å². The number of hydrogen-bond donors (Lipinski definition) is 3. The van der Waals surface area contributed by atoms with E-state index in [9.17, 15) is 4.79 Å². The summed E-state index contributed by atoms with van der Waals surface area (Å²) < 4.78 is 5.75. The summed E-state index contributed by atoms with van der Waals surface area (Å²) in [5, 5.41) is 1.41. The minimum absolute atomic E-state index is 0.0919. The van der Waals surface area contributed by atoms with Gasteiger partial charge in [-0.1, -0.05) is 18.5 Å². The number of hydrogen-bond acceptors (Lipinski definition) is 8. The second kappa shape index (κ2) is 6.53. The average Bonchev–Trinajstić information content (AvgIpc) is 3.06. The maximum Gasteiger partial charge on any atom is 0.326 e. The predicted octanol–water partition coefficient (Wildman–Crippen LogP) is 1.25. The van der Waals surface area contributed by atoms with Gasteiger partial charge in [-0.05, 0) is 18.3 Å². The van der Waals surface area contributed by atoms with Gasteiger partial charge in [0, 0.05) is 24.8 Å². The second-order valence-corrected chi connectivity index (χ2v) is 7.72. The molecule has 1 saturated carbocycles. The molecule has 0 aromatic carbocycles. The third-order valence-electron chi connectivity index (χ3n) is 5.59. The number of aryl methyl sites for hydroxylation is 1. The number of nitrogens with two attached hydrogens (primary N) is 2. The molecule has 3 aromatic rings. The number of H-pyrrole nitrogens is 1. The number of halogens is 1. The lowest BCUT2D eigenvalue weighted by Gasteiger charge is -2.21. The number of ether oxygens (including phenoxy) is 1. The number of nitrogens with one attached hydrogen (secondary N) is 1. The van der Waals surface area contributed by atoms with E-state index in [1.165, 1.54) is 12.4 Å². The number of aromatic amines is 1. The first-order valence-electron chi connectivity index (χ1n) is 9.34. The van der Waals surface area contributed by atoms with Crippen molar-refractivity contribution in [2.45, 2.75) is 19.4 Å². The fourth-order valence-electron chi connectivity index (χ4n) is 3.94. The molecule has 2 aliphatic rings. The highest BCUT2D eigenvalue weighted by molar-refractivity contribution is 6.37. The van der Waals surface area contributed by atoms with Crippen molar-refractivity contribution in [2.24, 2.45) is 23.3 Å². The number of carbonyl (C=O) groups is 1. The molecular formula is C18H19ClN8O2. The number of amides is 1. The fraction of sp³-hybridized carbons (Fsp3) is 0.389. The highest BCUT2D eigenvalue weighted by Crippen LogP contribution is 2.47. The maximum absolute atomic E-state index is 11.1. The fourth-order valence-corrected chi connectivity index (χ4v) is 4.29. The molecule has 1 aliphatic carbocycles. The summed E-state index contributed by atoms with van der Waals surface area (Å²) in [6.45, 7) is 3.68. The molecule has 0 spiro atoms. The van der Waals surface area contributed by atoms with Crippen LogP contribution < -0.4 is 21.1 Å². The zero-order valence-corrected chi connectivity index (χ0v) is 16.3. The largest absolute Gasteiger partial charge is 0.421 e. The van der Waals surface area contributed by atoms with E-state index < -0.39 is 5.91 Å². The molecule has 2 atom stereocenters. The summed E-state index contributed by atoms with van der Waals surface area (Å²) in [5.74, 6) is 1.19. The Morgan fingerprint density at radius 2 is 2.00 bits per heavy atom. The van der Waals surface area contributed by atoms with Crippen molar-refractivity contribution in [2.75, 3.05) is 18.0 Å². The highest BCUT2D eigenvalue weighted by Gasteiger charge is 2.54. The Morgan fingerprint density at radius 3 is 2.62 bits per heavy atom. The number of piperidine rings is 1. The topological polar surface area (TPSA) is 149 Å². The van der Waals surface area contributed by atoms with Gasteiger partial charge in [-0.15, -0.1) is 0 Å². The molecule has 5 rings (SSSR count). The van der Waals surface area contributed by atoms with Gasteiger partial charge in [-0.25, -0.2) is 9.97 Å². The van der Waals surface area contributed by atoms with E-state index >= 15 is 0 Å². The summed E-state index contributed by atoms with van der Waals surface area (Å²) in [7, 11) is 0. The van der Waals surface area contributed by atoms with Gasteiger partial charge in [0.05, 0.1) is 22.8 Å². The number of aromatic nitrogens is 5. The lowest BCUT2D eigenvalue weighted by Crippen LogP contribution is -2.29. The summed E-state index contributed by atoms with van der Waals surface area (Å²) in [5.41, 5.74) is 12.7. The SMILES string of the molecule is CCc1[nH]c2nc(Oc3cnc(C(N)=O)nc3)nc(N3CC4C(N)C4C3)c2c1Cl. The molecule has 2 fully saturated rings. The predicted molar refractivity (Wildman–Crippen MR) is 106 cm³/mol. The number of rotatable bonds is 5. The van der Waals surface area contributed by atoms with E-state index in [0.29, 0.717) is 28.3 Å². The molecule has 29 heavy (non-hydrogen) atoms. The van der Waals surface area contributed by atoms with Crippen molar-refractivity contribution >= 4 is 34.4 Å². The van der Waals surface area contributed by atoms with Crippen molar-refractivity contribution < 1.29 is 9.53 Å². The maximum atomic E-state index is 11.1. The molecule has 0 bridgehead atoms. The van der Waals surface area contributed by atoms with Crippen LogP contribution in [0, 0.1) is 11.8 Å². The first-order valence-corrected chi connectivity index (χ1v) is 9.72. The number of anilines is 1. The molecule has 0 radical (unpaired) electrons. The van der Waals surface area contributed by atoms with Crippen LogP contribution in [0.1, 0.15) is 23.2 Å². The Bertz CT molecular complexity index is 1100. The molecule has 11 heteroatoms. The van der Waals surface area contributed by atoms with Gasteiger partial charge in [-0.3, -0.25) is 4.79 Å². The molecular weight excluding hydrogens is 396 g/mol. The quantitative estimate of drug-likeness (QED) is 0.564. The first kappa shape index (κ1) is 18.1. The van der Waals surface area contributed by atoms with E-state index in [4.69, 9.17) is 27.8 Å². The van der Waals surface area contributed by atoms with Gasteiger partial charge in [-0.2, -0.15) is 9.97 Å². The number of fused-ring (bicyclic) bond motifs is 2. The summed E-state index contributed by atoms with van der Waals surface area (Å²) in [6.07, 6.45) is 3.44. The van der Waals surface area contributed by atoms with Gasteiger partial charge in [0.2, 0.25) is 5.82 Å². The Kier molecular flexibility index (Phi) is 4.07. The van der Waals surface area contributed by atoms with Crippen LogP contribution in [0.3, 0.4) is 0 Å².